The van der Waals surface area contributed by atoms with Crippen molar-refractivity contribution >= 4 is 23.0 Å². The third-order valence-corrected chi connectivity index (χ3v) is 5.12. The second kappa shape index (κ2) is 8.37. The zero-order chi connectivity index (χ0) is 21.3. The van der Waals surface area contributed by atoms with Crippen molar-refractivity contribution in [2.75, 3.05) is 23.5 Å². The van der Waals surface area contributed by atoms with Gasteiger partial charge in [-0.05, 0) is 48.9 Å². The van der Waals surface area contributed by atoms with Gasteiger partial charge in [-0.15, -0.1) is 0 Å². The predicted molar refractivity (Wildman–Crippen MR) is 107 cm³/mol. The van der Waals surface area contributed by atoms with Crippen molar-refractivity contribution in [3.8, 4) is 5.75 Å². The summed E-state index contributed by atoms with van der Waals surface area (Å²) >= 11 is 0. The van der Waals surface area contributed by atoms with Gasteiger partial charge in [-0.2, -0.15) is 13.9 Å². The number of carbonyl (C=O) groups is 1. The molecule has 2 aliphatic rings. The van der Waals surface area contributed by atoms with Crippen LogP contribution in [0.5, 0.6) is 5.75 Å². The van der Waals surface area contributed by atoms with Gasteiger partial charge in [-0.25, -0.2) is 5.01 Å². The fourth-order valence-corrected chi connectivity index (χ4v) is 3.46. The van der Waals surface area contributed by atoms with Gasteiger partial charge < -0.3 is 19.9 Å². The van der Waals surface area contributed by atoms with Crippen LogP contribution in [0.25, 0.3) is 0 Å². The van der Waals surface area contributed by atoms with E-state index in [4.69, 9.17) is 4.74 Å². The van der Waals surface area contributed by atoms with E-state index >= 15 is 0 Å². The first kappa shape index (κ1) is 20.2. The van der Waals surface area contributed by atoms with E-state index in [9.17, 15) is 18.7 Å². The molecule has 7 nitrogen and oxygen atoms in total. The average Bonchev–Trinajstić information content (AvgIpc) is 2.95. The number of nitrogens with zero attached hydrogens (tertiary/aromatic N) is 2. The Bertz CT molecular complexity index is 948. The van der Waals surface area contributed by atoms with Crippen LogP contribution in [0.2, 0.25) is 0 Å². The van der Waals surface area contributed by atoms with E-state index in [1.54, 1.807) is 6.92 Å². The summed E-state index contributed by atoms with van der Waals surface area (Å²) in [5.41, 5.74) is 2.63. The van der Waals surface area contributed by atoms with Crippen molar-refractivity contribution in [1.82, 2.24) is 0 Å². The number of alkyl halides is 2. The molecule has 0 aromatic heterocycles. The number of hydrazone groups is 1. The number of aliphatic hydroxyl groups excluding tert-OH is 1. The topological polar surface area (TPSA) is 83.4 Å². The van der Waals surface area contributed by atoms with Crippen LogP contribution in [-0.4, -0.2) is 42.8 Å². The smallest absolute Gasteiger partial charge is 0.387 e. The maximum Gasteiger partial charge on any atom is 0.387 e. The number of carbonyl (C=O) groups excluding carboxylic acids is 1. The Morgan fingerprint density at radius 2 is 1.97 bits per heavy atom. The lowest BCUT2D eigenvalue weighted by atomic mass is 9.97. The fraction of sp³-hybridized carbons (Fsp3) is 0.333. The zero-order valence-electron chi connectivity index (χ0n) is 16.2. The summed E-state index contributed by atoms with van der Waals surface area (Å²) in [6.07, 6.45) is -1.18. The molecule has 2 aromatic rings. The predicted octanol–water partition coefficient (Wildman–Crippen LogP) is 3.17. The molecule has 2 unspecified atom stereocenters. The number of rotatable bonds is 7. The van der Waals surface area contributed by atoms with Gasteiger partial charge in [-0.3, -0.25) is 4.79 Å². The van der Waals surface area contributed by atoms with Gasteiger partial charge in [0.2, 0.25) is 0 Å². The molecule has 0 spiro atoms. The highest BCUT2D eigenvalue weighted by atomic mass is 19.3. The van der Waals surface area contributed by atoms with Gasteiger partial charge in [0.25, 0.3) is 5.91 Å². The second-order valence-electron chi connectivity index (χ2n) is 7.19. The minimum Gasteiger partial charge on any atom is -0.435 e. The number of benzene rings is 2. The first-order valence-corrected chi connectivity index (χ1v) is 9.48. The van der Waals surface area contributed by atoms with Crippen LogP contribution >= 0.6 is 0 Å². The minimum atomic E-state index is -2.93. The molecule has 1 saturated heterocycles. The maximum atomic E-state index is 12.9. The highest BCUT2D eigenvalue weighted by Crippen LogP contribution is 2.30. The number of hydrogen-bond donors (Lipinski definition) is 2. The molecule has 0 bridgehead atoms. The zero-order valence-corrected chi connectivity index (χ0v) is 16.2. The SMILES string of the molecule is CC1=NN(c2ccc(OC(F)F)cc2)C(=O)C1C(O)Nc1cccc(C2COC2)c1. The largest absolute Gasteiger partial charge is 0.435 e. The van der Waals surface area contributed by atoms with Crippen molar-refractivity contribution in [3.05, 3.63) is 54.1 Å². The third kappa shape index (κ3) is 4.12. The lowest BCUT2D eigenvalue weighted by Gasteiger charge is -2.27. The molecule has 1 amide bonds. The summed E-state index contributed by atoms with van der Waals surface area (Å²) < 4.78 is 34.1. The molecule has 0 saturated carbocycles. The summed E-state index contributed by atoms with van der Waals surface area (Å²) in [4.78, 5) is 12.9. The van der Waals surface area contributed by atoms with Gasteiger partial charge in [-0.1, -0.05) is 12.1 Å². The van der Waals surface area contributed by atoms with Crippen molar-refractivity contribution in [1.29, 1.82) is 0 Å². The second-order valence-corrected chi connectivity index (χ2v) is 7.19. The molecule has 0 radical (unpaired) electrons. The number of hydrogen-bond acceptors (Lipinski definition) is 6. The Hall–Kier alpha value is -3.04. The Labute approximate surface area is 171 Å². The summed E-state index contributed by atoms with van der Waals surface area (Å²) in [6.45, 7) is 0.0823. The first-order chi connectivity index (χ1) is 14.4. The standard InChI is InChI=1S/C21H21F2N3O4/c1-12-18(19(27)24-15-4-2-3-13(9-15)14-10-29-11-14)20(28)26(25-12)16-5-7-17(8-6-16)30-21(22)23/h2-9,14,18-19,21,24,27H,10-11H2,1H3. The van der Waals surface area contributed by atoms with E-state index in [0.29, 0.717) is 36.2 Å². The molecule has 2 heterocycles. The molecule has 158 valence electrons. The van der Waals surface area contributed by atoms with E-state index in [-0.39, 0.29) is 5.75 Å². The van der Waals surface area contributed by atoms with Crippen LogP contribution in [0, 0.1) is 5.92 Å². The number of ether oxygens (including phenoxy) is 2. The lowest BCUT2D eigenvalue weighted by molar-refractivity contribution is -0.121. The van der Waals surface area contributed by atoms with E-state index in [0.717, 1.165) is 10.6 Å². The molecule has 0 aliphatic carbocycles. The summed E-state index contributed by atoms with van der Waals surface area (Å²) in [6, 6.07) is 13.2. The summed E-state index contributed by atoms with van der Waals surface area (Å²) in [5, 5.41) is 19.0. The van der Waals surface area contributed by atoms with Crippen molar-refractivity contribution in [2.45, 2.75) is 25.7 Å². The highest BCUT2D eigenvalue weighted by molar-refractivity contribution is 6.15. The average molecular weight is 417 g/mol. The third-order valence-electron chi connectivity index (χ3n) is 5.12. The first-order valence-electron chi connectivity index (χ1n) is 9.48. The number of nitrogens with one attached hydrogen (secondary N) is 1. The maximum absolute atomic E-state index is 12.9. The number of amides is 1. The van der Waals surface area contributed by atoms with Crippen molar-refractivity contribution < 1.29 is 28.2 Å². The quantitative estimate of drug-likeness (QED) is 0.677. The lowest BCUT2D eigenvalue weighted by Crippen LogP contribution is -2.39. The van der Waals surface area contributed by atoms with Crippen LogP contribution in [0.3, 0.4) is 0 Å². The molecule has 2 aliphatic heterocycles. The minimum absolute atomic E-state index is 0.0175. The van der Waals surface area contributed by atoms with Gasteiger partial charge in [0.05, 0.1) is 24.6 Å². The number of anilines is 2. The van der Waals surface area contributed by atoms with Gasteiger partial charge in [0, 0.05) is 11.6 Å². The van der Waals surface area contributed by atoms with E-state index in [1.165, 1.54) is 24.3 Å². The molecular formula is C21H21F2N3O4. The monoisotopic (exact) mass is 417 g/mol. The van der Waals surface area contributed by atoms with Crippen molar-refractivity contribution in [3.63, 3.8) is 0 Å². The molecule has 9 heteroatoms. The Balaban J connectivity index is 1.45. The summed E-state index contributed by atoms with van der Waals surface area (Å²) in [5.74, 6) is -0.972. The summed E-state index contributed by atoms with van der Waals surface area (Å²) in [7, 11) is 0. The molecular weight excluding hydrogens is 396 g/mol. The molecule has 30 heavy (non-hydrogen) atoms. The van der Waals surface area contributed by atoms with E-state index < -0.39 is 24.7 Å². The van der Waals surface area contributed by atoms with Crippen LogP contribution in [0.1, 0.15) is 18.4 Å². The van der Waals surface area contributed by atoms with Crippen LogP contribution in [0.15, 0.2) is 53.6 Å². The Morgan fingerprint density at radius 3 is 2.60 bits per heavy atom. The van der Waals surface area contributed by atoms with Crippen molar-refractivity contribution in [2.24, 2.45) is 11.0 Å². The normalized spacial score (nSPS) is 20.2. The van der Waals surface area contributed by atoms with Crippen LogP contribution < -0.4 is 15.1 Å². The van der Waals surface area contributed by atoms with Gasteiger partial charge >= 0.3 is 6.61 Å². The number of halogens is 2. The van der Waals surface area contributed by atoms with Gasteiger partial charge in [0.1, 0.15) is 17.9 Å². The highest BCUT2D eigenvalue weighted by Gasteiger charge is 2.39. The molecule has 2 atom stereocenters. The number of aliphatic hydroxyl groups is 1. The van der Waals surface area contributed by atoms with E-state index in [1.807, 2.05) is 24.3 Å². The molecule has 2 N–H and O–H groups in total. The molecule has 2 aromatic carbocycles. The Morgan fingerprint density at radius 1 is 1.23 bits per heavy atom. The Kier molecular flexibility index (Phi) is 5.65. The molecule has 4 rings (SSSR count). The fourth-order valence-electron chi connectivity index (χ4n) is 3.46. The van der Waals surface area contributed by atoms with E-state index in [2.05, 4.69) is 15.2 Å². The molecule has 1 fully saturated rings. The van der Waals surface area contributed by atoms with Crippen LogP contribution in [0.4, 0.5) is 20.2 Å². The van der Waals surface area contributed by atoms with Gasteiger partial charge in [0.15, 0.2) is 0 Å². The van der Waals surface area contributed by atoms with Crippen LogP contribution in [-0.2, 0) is 9.53 Å².